The van der Waals surface area contributed by atoms with Crippen LogP contribution in [0.15, 0.2) is 0 Å². The molecule has 1 saturated carbocycles. The number of rotatable bonds is 5. The van der Waals surface area contributed by atoms with Gasteiger partial charge in [-0.15, -0.1) is 11.3 Å². The topological polar surface area (TPSA) is 82.3 Å². The van der Waals surface area contributed by atoms with Gasteiger partial charge < -0.3 is 10.5 Å². The zero-order valence-corrected chi connectivity index (χ0v) is 10.4. The second-order valence-electron chi connectivity index (χ2n) is 3.96. The van der Waals surface area contributed by atoms with Crippen molar-refractivity contribution in [3.05, 3.63) is 15.6 Å². The number of carbonyl (C=O) groups excluding carboxylic acids is 2. The summed E-state index contributed by atoms with van der Waals surface area (Å²) in [4.78, 5) is 27.7. The van der Waals surface area contributed by atoms with Gasteiger partial charge in [0.15, 0.2) is 5.69 Å². The Morgan fingerprint density at radius 1 is 1.53 bits per heavy atom. The Hall–Kier alpha value is -1.43. The maximum Gasteiger partial charge on any atom is 0.358 e. The van der Waals surface area contributed by atoms with Gasteiger partial charge in [0.05, 0.1) is 13.0 Å². The monoisotopic (exact) mass is 254 g/mol. The van der Waals surface area contributed by atoms with E-state index in [9.17, 15) is 9.59 Å². The molecular formula is C11H14N2O3S. The zero-order chi connectivity index (χ0) is 12.4. The van der Waals surface area contributed by atoms with Crippen LogP contribution in [0.25, 0.3) is 0 Å². The molecule has 0 saturated heterocycles. The fourth-order valence-corrected chi connectivity index (χ4v) is 2.80. The third-order valence-electron chi connectivity index (χ3n) is 2.44. The lowest BCUT2D eigenvalue weighted by Gasteiger charge is -1.99. The number of hydrogen-bond donors (Lipinski definition) is 1. The molecule has 0 atom stereocenters. The Morgan fingerprint density at radius 2 is 2.24 bits per heavy atom. The standard InChI is InChI=1S/C11H14N2O3S/c1-2-16-11(15)9-10(6-3-4-6)17-8(13-9)5-7(12)14/h6H,2-5H2,1H3,(H2,12,14). The summed E-state index contributed by atoms with van der Waals surface area (Å²) in [6.45, 7) is 2.08. The Balaban J connectivity index is 2.25. The van der Waals surface area contributed by atoms with Crippen molar-refractivity contribution in [2.24, 2.45) is 5.73 Å². The summed E-state index contributed by atoms with van der Waals surface area (Å²) in [5, 5.41) is 0.599. The largest absolute Gasteiger partial charge is 0.461 e. The highest BCUT2D eigenvalue weighted by atomic mass is 32.1. The molecule has 0 unspecified atom stereocenters. The minimum absolute atomic E-state index is 0.0871. The summed E-state index contributed by atoms with van der Waals surface area (Å²) >= 11 is 1.40. The molecule has 6 heteroatoms. The second kappa shape index (κ2) is 4.83. The van der Waals surface area contributed by atoms with Gasteiger partial charge in [-0.1, -0.05) is 0 Å². The molecule has 1 aromatic rings. The Kier molecular flexibility index (Phi) is 3.42. The molecule has 0 aromatic carbocycles. The summed E-state index contributed by atoms with van der Waals surface area (Å²) < 4.78 is 4.95. The molecule has 1 amide bonds. The van der Waals surface area contributed by atoms with E-state index in [1.54, 1.807) is 6.92 Å². The predicted molar refractivity (Wildman–Crippen MR) is 62.9 cm³/mol. The summed E-state index contributed by atoms with van der Waals surface area (Å²) in [7, 11) is 0. The molecular weight excluding hydrogens is 240 g/mol. The van der Waals surface area contributed by atoms with Gasteiger partial charge in [-0.25, -0.2) is 9.78 Å². The SMILES string of the molecule is CCOC(=O)c1nc(CC(N)=O)sc1C1CC1. The summed E-state index contributed by atoms with van der Waals surface area (Å²) in [6.07, 6.45) is 2.24. The van der Waals surface area contributed by atoms with Crippen molar-refractivity contribution >= 4 is 23.2 Å². The van der Waals surface area contributed by atoms with Crippen LogP contribution in [0.1, 0.15) is 46.1 Å². The Morgan fingerprint density at radius 3 is 2.76 bits per heavy atom. The smallest absolute Gasteiger partial charge is 0.358 e. The molecule has 0 spiro atoms. The van der Waals surface area contributed by atoms with Gasteiger partial charge in [-0.05, 0) is 25.7 Å². The molecule has 0 radical (unpaired) electrons. The highest BCUT2D eigenvalue weighted by Gasteiger charge is 2.32. The quantitative estimate of drug-likeness (QED) is 0.801. The number of nitrogens with zero attached hydrogens (tertiary/aromatic N) is 1. The van der Waals surface area contributed by atoms with Crippen LogP contribution in [-0.4, -0.2) is 23.5 Å². The lowest BCUT2D eigenvalue weighted by Crippen LogP contribution is -2.14. The van der Waals surface area contributed by atoms with Crippen molar-refractivity contribution in [2.45, 2.75) is 32.1 Å². The van der Waals surface area contributed by atoms with Crippen molar-refractivity contribution in [3.8, 4) is 0 Å². The average molecular weight is 254 g/mol. The van der Waals surface area contributed by atoms with Gasteiger partial charge in [-0.3, -0.25) is 4.79 Å². The minimum Gasteiger partial charge on any atom is -0.461 e. The highest BCUT2D eigenvalue weighted by Crippen LogP contribution is 2.44. The predicted octanol–water partition coefficient (Wildman–Crippen LogP) is 1.22. The molecule has 1 aliphatic carbocycles. The van der Waals surface area contributed by atoms with Crippen molar-refractivity contribution in [1.29, 1.82) is 0 Å². The molecule has 92 valence electrons. The highest BCUT2D eigenvalue weighted by molar-refractivity contribution is 7.12. The molecule has 0 aliphatic heterocycles. The summed E-state index contributed by atoms with van der Waals surface area (Å²) in [5.74, 6) is -0.425. The number of primary amides is 1. The summed E-state index contributed by atoms with van der Waals surface area (Å²) in [6, 6.07) is 0. The average Bonchev–Trinajstić information content (AvgIpc) is 3.00. The third-order valence-corrected chi connectivity index (χ3v) is 3.66. The van der Waals surface area contributed by atoms with E-state index in [4.69, 9.17) is 10.5 Å². The zero-order valence-electron chi connectivity index (χ0n) is 9.56. The number of aromatic nitrogens is 1. The first-order valence-electron chi connectivity index (χ1n) is 5.56. The van der Waals surface area contributed by atoms with E-state index in [-0.39, 0.29) is 6.42 Å². The fourth-order valence-electron chi connectivity index (χ4n) is 1.57. The first-order valence-corrected chi connectivity index (χ1v) is 6.38. The molecule has 17 heavy (non-hydrogen) atoms. The van der Waals surface area contributed by atoms with Crippen LogP contribution in [0.5, 0.6) is 0 Å². The van der Waals surface area contributed by atoms with Gasteiger partial charge in [0.2, 0.25) is 5.91 Å². The van der Waals surface area contributed by atoms with Gasteiger partial charge in [-0.2, -0.15) is 0 Å². The Labute approximate surface area is 103 Å². The van der Waals surface area contributed by atoms with Crippen LogP contribution in [-0.2, 0) is 16.0 Å². The first-order chi connectivity index (χ1) is 8.11. The minimum atomic E-state index is -0.434. The van der Waals surface area contributed by atoms with Crippen molar-refractivity contribution in [2.75, 3.05) is 6.61 Å². The lowest BCUT2D eigenvalue weighted by molar-refractivity contribution is -0.117. The normalized spacial score (nSPS) is 14.6. The third kappa shape index (κ3) is 2.82. The number of nitrogens with two attached hydrogens (primary N) is 1. The molecule has 0 bridgehead atoms. The van der Waals surface area contributed by atoms with Crippen molar-refractivity contribution in [1.82, 2.24) is 4.98 Å². The number of esters is 1. The number of carbonyl (C=O) groups is 2. The van der Waals surface area contributed by atoms with Crippen LogP contribution in [0, 0.1) is 0 Å². The lowest BCUT2D eigenvalue weighted by atomic mass is 10.3. The number of amides is 1. The molecule has 1 aliphatic rings. The maximum atomic E-state index is 11.7. The van der Waals surface area contributed by atoms with E-state index in [1.165, 1.54) is 11.3 Å². The molecule has 1 aromatic heterocycles. The van der Waals surface area contributed by atoms with Crippen molar-refractivity contribution in [3.63, 3.8) is 0 Å². The van der Waals surface area contributed by atoms with E-state index in [2.05, 4.69) is 4.98 Å². The number of hydrogen-bond acceptors (Lipinski definition) is 5. The molecule has 2 N–H and O–H groups in total. The van der Waals surface area contributed by atoms with Gasteiger partial charge in [0.1, 0.15) is 5.01 Å². The molecule has 2 rings (SSSR count). The number of thiazole rings is 1. The van der Waals surface area contributed by atoms with E-state index >= 15 is 0 Å². The molecule has 1 heterocycles. The number of ether oxygens (including phenoxy) is 1. The van der Waals surface area contributed by atoms with Crippen molar-refractivity contribution < 1.29 is 14.3 Å². The van der Waals surface area contributed by atoms with Crippen LogP contribution in [0.3, 0.4) is 0 Å². The maximum absolute atomic E-state index is 11.7. The van der Waals surface area contributed by atoms with Gasteiger partial charge >= 0.3 is 5.97 Å². The van der Waals surface area contributed by atoms with E-state index in [1.807, 2.05) is 0 Å². The molecule has 1 fully saturated rings. The van der Waals surface area contributed by atoms with E-state index in [0.717, 1.165) is 17.7 Å². The Bertz CT molecular complexity index is 452. The van der Waals surface area contributed by atoms with Crippen LogP contribution >= 0.6 is 11.3 Å². The van der Waals surface area contributed by atoms with Gasteiger partial charge in [0.25, 0.3) is 0 Å². The van der Waals surface area contributed by atoms with Gasteiger partial charge in [0, 0.05) is 4.88 Å². The van der Waals surface area contributed by atoms with E-state index < -0.39 is 11.9 Å². The van der Waals surface area contributed by atoms with E-state index in [0.29, 0.717) is 23.2 Å². The molecule has 5 nitrogen and oxygen atoms in total. The second-order valence-corrected chi connectivity index (χ2v) is 5.07. The van der Waals surface area contributed by atoms with Crippen LogP contribution in [0.4, 0.5) is 0 Å². The fraction of sp³-hybridized carbons (Fsp3) is 0.545. The summed E-state index contributed by atoms with van der Waals surface area (Å²) in [5.41, 5.74) is 5.49. The van der Waals surface area contributed by atoms with Crippen LogP contribution < -0.4 is 5.73 Å². The van der Waals surface area contributed by atoms with Crippen LogP contribution in [0.2, 0.25) is 0 Å². The first kappa shape index (κ1) is 12.0.